The third-order valence-corrected chi connectivity index (χ3v) is 1.06. The van der Waals surface area contributed by atoms with Gasteiger partial charge in [-0.2, -0.15) is 0 Å². The Kier molecular flexibility index (Phi) is 3.46. The molecule has 0 fully saturated rings. The minimum absolute atomic E-state index is 0.0880. The van der Waals surface area contributed by atoms with Gasteiger partial charge >= 0.3 is 11.9 Å². The molecule has 10 heavy (non-hydrogen) atoms. The number of rotatable bonds is 4. The highest BCUT2D eigenvalue weighted by molar-refractivity contribution is 5.72. The molecule has 0 aliphatic rings. The summed E-state index contributed by atoms with van der Waals surface area (Å²) >= 11 is 0. The van der Waals surface area contributed by atoms with E-state index in [9.17, 15) is 9.59 Å². The molecule has 0 heterocycles. The Balaban J connectivity index is 3.49. The van der Waals surface area contributed by atoms with Gasteiger partial charge in [-0.25, -0.2) is 0 Å². The molecule has 0 spiro atoms. The topological polar surface area (TPSA) is 74.6 Å². The molecule has 0 aliphatic carbocycles. The Morgan fingerprint density at radius 3 is 2.20 bits per heavy atom. The maximum atomic E-state index is 10.1. The zero-order chi connectivity index (χ0) is 8.15. The van der Waals surface area contributed by atoms with Crippen molar-refractivity contribution in [1.29, 1.82) is 0 Å². The van der Waals surface area contributed by atoms with Gasteiger partial charge in [-0.3, -0.25) is 9.59 Å². The number of carboxylic acid groups (broad SMARTS) is 2. The summed E-state index contributed by atoms with van der Waals surface area (Å²) in [5.74, 6) is -2.85. The largest absolute Gasteiger partial charge is 0.481 e. The fourth-order valence-corrected chi connectivity index (χ4v) is 0.421. The maximum Gasteiger partial charge on any atom is 0.306 e. The van der Waals surface area contributed by atoms with Crippen molar-refractivity contribution in [3.63, 3.8) is 0 Å². The fraction of sp³-hybridized carbons (Fsp3) is 0.500. The summed E-state index contributed by atoms with van der Waals surface area (Å²) < 4.78 is 0. The molecular weight excluding hydrogens is 136 g/mol. The van der Waals surface area contributed by atoms with E-state index in [1.807, 2.05) is 0 Å². The molecule has 0 bridgehead atoms. The van der Waals surface area contributed by atoms with E-state index in [1.54, 1.807) is 0 Å². The van der Waals surface area contributed by atoms with Crippen molar-refractivity contribution in [2.75, 3.05) is 0 Å². The molecule has 57 valence electrons. The van der Waals surface area contributed by atoms with Crippen molar-refractivity contribution in [2.24, 2.45) is 5.92 Å². The van der Waals surface area contributed by atoms with Gasteiger partial charge in [0.15, 0.2) is 0 Å². The smallest absolute Gasteiger partial charge is 0.306 e. The van der Waals surface area contributed by atoms with Crippen LogP contribution in [0.2, 0.25) is 0 Å². The standard InChI is InChI=1S/C6H9O4/c1-4(6(9)10)2-3-5(7)8/h4H,1-3H2,(H,7,8)(H,9,10). The quantitative estimate of drug-likeness (QED) is 0.599. The van der Waals surface area contributed by atoms with Crippen LogP contribution in [0.15, 0.2) is 0 Å². The van der Waals surface area contributed by atoms with E-state index in [0.717, 1.165) is 0 Å². The molecule has 0 aliphatic heterocycles. The summed E-state index contributed by atoms with van der Waals surface area (Å²) in [5, 5.41) is 16.4. The lowest BCUT2D eigenvalue weighted by Crippen LogP contribution is -2.11. The zero-order valence-electron chi connectivity index (χ0n) is 5.41. The highest BCUT2D eigenvalue weighted by Crippen LogP contribution is 2.03. The number of aliphatic carboxylic acids is 2. The van der Waals surface area contributed by atoms with E-state index in [4.69, 9.17) is 10.2 Å². The second kappa shape index (κ2) is 3.87. The van der Waals surface area contributed by atoms with Crippen molar-refractivity contribution in [2.45, 2.75) is 12.8 Å². The van der Waals surface area contributed by atoms with Crippen molar-refractivity contribution >= 4 is 11.9 Å². The van der Waals surface area contributed by atoms with E-state index in [-0.39, 0.29) is 12.8 Å². The van der Waals surface area contributed by atoms with E-state index < -0.39 is 17.9 Å². The van der Waals surface area contributed by atoms with Crippen LogP contribution in [0.1, 0.15) is 12.8 Å². The number of hydrogen-bond acceptors (Lipinski definition) is 2. The molecule has 0 aromatic rings. The lowest BCUT2D eigenvalue weighted by Gasteiger charge is -2.00. The van der Waals surface area contributed by atoms with Gasteiger partial charge in [-0.05, 0) is 13.3 Å². The Hall–Kier alpha value is -1.06. The lowest BCUT2D eigenvalue weighted by molar-refractivity contribution is -0.141. The predicted molar refractivity (Wildman–Crippen MR) is 33.4 cm³/mol. The molecule has 1 unspecified atom stereocenters. The van der Waals surface area contributed by atoms with E-state index in [1.165, 1.54) is 0 Å². The van der Waals surface area contributed by atoms with Crippen LogP contribution in [0.25, 0.3) is 0 Å². The Morgan fingerprint density at radius 1 is 1.40 bits per heavy atom. The van der Waals surface area contributed by atoms with Gasteiger partial charge in [-0.15, -0.1) is 0 Å². The molecule has 4 heteroatoms. The van der Waals surface area contributed by atoms with Crippen LogP contribution in [0.5, 0.6) is 0 Å². The molecule has 4 nitrogen and oxygen atoms in total. The van der Waals surface area contributed by atoms with E-state index in [2.05, 4.69) is 6.92 Å². The van der Waals surface area contributed by atoms with Gasteiger partial charge in [0.05, 0.1) is 5.92 Å². The van der Waals surface area contributed by atoms with Crippen LogP contribution in [-0.4, -0.2) is 22.2 Å². The Morgan fingerprint density at radius 2 is 1.90 bits per heavy atom. The summed E-state index contributed by atoms with van der Waals surface area (Å²) in [4.78, 5) is 20.0. The molecule has 1 radical (unpaired) electrons. The predicted octanol–water partition coefficient (Wildman–Crippen LogP) is 0.386. The highest BCUT2D eigenvalue weighted by atomic mass is 16.4. The van der Waals surface area contributed by atoms with E-state index >= 15 is 0 Å². The molecule has 0 aromatic heterocycles. The average Bonchev–Trinajstić information content (AvgIpc) is 1.82. The molecule has 0 aromatic carbocycles. The first kappa shape index (κ1) is 8.94. The summed E-state index contributed by atoms with van der Waals surface area (Å²) in [6, 6.07) is 0. The zero-order valence-corrected chi connectivity index (χ0v) is 5.41. The van der Waals surface area contributed by atoms with Gasteiger partial charge in [0.1, 0.15) is 0 Å². The highest BCUT2D eigenvalue weighted by Gasteiger charge is 2.11. The average molecular weight is 145 g/mol. The van der Waals surface area contributed by atoms with Crippen LogP contribution in [0, 0.1) is 12.8 Å². The molecule has 0 rings (SSSR count). The Labute approximate surface area is 58.5 Å². The maximum absolute atomic E-state index is 10.1. The summed E-state index contributed by atoms with van der Waals surface area (Å²) in [5.41, 5.74) is 0. The minimum Gasteiger partial charge on any atom is -0.481 e. The van der Waals surface area contributed by atoms with Crippen molar-refractivity contribution in [3.05, 3.63) is 6.92 Å². The van der Waals surface area contributed by atoms with Crippen LogP contribution in [0.4, 0.5) is 0 Å². The summed E-state index contributed by atoms with van der Waals surface area (Å²) in [6.45, 7) is 3.25. The van der Waals surface area contributed by atoms with Crippen LogP contribution in [-0.2, 0) is 9.59 Å². The minimum atomic E-state index is -1.05. The first-order chi connectivity index (χ1) is 4.54. The fourth-order valence-electron chi connectivity index (χ4n) is 0.421. The van der Waals surface area contributed by atoms with Crippen molar-refractivity contribution < 1.29 is 19.8 Å². The monoisotopic (exact) mass is 145 g/mol. The van der Waals surface area contributed by atoms with Gasteiger partial charge < -0.3 is 10.2 Å². The third-order valence-electron chi connectivity index (χ3n) is 1.06. The lowest BCUT2D eigenvalue weighted by atomic mass is 10.1. The van der Waals surface area contributed by atoms with Crippen molar-refractivity contribution in [3.8, 4) is 0 Å². The molecule has 2 N–H and O–H groups in total. The molecule has 0 saturated carbocycles. The van der Waals surface area contributed by atoms with E-state index in [0.29, 0.717) is 0 Å². The van der Waals surface area contributed by atoms with Crippen LogP contribution in [0.3, 0.4) is 0 Å². The number of carboxylic acids is 2. The van der Waals surface area contributed by atoms with Gasteiger partial charge in [-0.1, -0.05) is 0 Å². The molecule has 1 atom stereocenters. The summed E-state index contributed by atoms with van der Waals surface area (Å²) in [7, 11) is 0. The van der Waals surface area contributed by atoms with Gasteiger partial charge in [0.2, 0.25) is 0 Å². The van der Waals surface area contributed by atoms with Crippen LogP contribution < -0.4 is 0 Å². The number of hydrogen-bond donors (Lipinski definition) is 2. The summed E-state index contributed by atoms with van der Waals surface area (Å²) in [6.07, 6.45) is -0.0505. The van der Waals surface area contributed by atoms with Crippen molar-refractivity contribution in [1.82, 2.24) is 0 Å². The molecule has 0 amide bonds. The normalized spacial score (nSPS) is 12.5. The first-order valence-corrected chi connectivity index (χ1v) is 2.81. The first-order valence-electron chi connectivity index (χ1n) is 2.81. The van der Waals surface area contributed by atoms with Gasteiger partial charge in [0.25, 0.3) is 0 Å². The second-order valence-electron chi connectivity index (χ2n) is 1.97. The molecular formula is C6H9O4. The second-order valence-corrected chi connectivity index (χ2v) is 1.97. The number of carbonyl (C=O) groups is 2. The van der Waals surface area contributed by atoms with Crippen LogP contribution >= 0.6 is 0 Å². The van der Waals surface area contributed by atoms with Gasteiger partial charge in [0, 0.05) is 6.42 Å². The SMILES string of the molecule is [CH2]C(CCC(=O)O)C(=O)O. The molecule has 0 saturated heterocycles. The third kappa shape index (κ3) is 3.88. The Bertz CT molecular complexity index is 141.